The Morgan fingerprint density at radius 1 is 1.28 bits per heavy atom. The van der Waals surface area contributed by atoms with Crippen LogP contribution in [0.4, 0.5) is 11.7 Å². The molecule has 0 unspecified atom stereocenters. The van der Waals surface area contributed by atoms with Crippen LogP contribution < -0.4 is 10.6 Å². The van der Waals surface area contributed by atoms with Gasteiger partial charge in [0, 0.05) is 8.95 Å². The summed E-state index contributed by atoms with van der Waals surface area (Å²) in [6.45, 7) is 3.46. The van der Waals surface area contributed by atoms with Crippen molar-refractivity contribution in [3.8, 4) is 0 Å². The molecule has 0 saturated heterocycles. The third-order valence-corrected chi connectivity index (χ3v) is 3.32. The summed E-state index contributed by atoms with van der Waals surface area (Å²) in [5.74, 6) is 0.563. The number of benzene rings is 1. The van der Waals surface area contributed by atoms with Gasteiger partial charge in [0.25, 0.3) is 0 Å². The number of halogens is 2. The number of rotatable bonds is 5. The van der Waals surface area contributed by atoms with E-state index in [1.165, 1.54) is 0 Å². The molecule has 96 valence electrons. The molecule has 1 aromatic carbocycles. The van der Waals surface area contributed by atoms with Gasteiger partial charge >= 0.3 is 6.01 Å². The lowest BCUT2D eigenvalue weighted by molar-refractivity contribution is 0.484. The van der Waals surface area contributed by atoms with Crippen molar-refractivity contribution in [2.45, 2.75) is 13.5 Å². The molecule has 2 aromatic rings. The maximum atomic E-state index is 5.45. The van der Waals surface area contributed by atoms with Gasteiger partial charge in [0.2, 0.25) is 5.89 Å². The highest BCUT2D eigenvalue weighted by atomic mass is 79.9. The van der Waals surface area contributed by atoms with Crippen molar-refractivity contribution in [1.29, 1.82) is 0 Å². The van der Waals surface area contributed by atoms with Crippen LogP contribution >= 0.6 is 31.9 Å². The maximum Gasteiger partial charge on any atom is 0.320 e. The number of aromatic nitrogens is 2. The van der Waals surface area contributed by atoms with Crippen molar-refractivity contribution in [3.63, 3.8) is 0 Å². The lowest BCUT2D eigenvalue weighted by atomic mass is 10.3. The average molecular weight is 376 g/mol. The molecule has 0 aliphatic carbocycles. The van der Waals surface area contributed by atoms with E-state index < -0.39 is 0 Å². The number of nitrogens with zero attached hydrogens (tertiary/aromatic N) is 2. The Morgan fingerprint density at radius 3 is 2.83 bits per heavy atom. The fourth-order valence-corrected chi connectivity index (χ4v) is 2.46. The third-order valence-electron chi connectivity index (χ3n) is 2.17. The van der Waals surface area contributed by atoms with Crippen LogP contribution in [-0.2, 0) is 6.54 Å². The largest absolute Gasteiger partial charge is 0.406 e. The van der Waals surface area contributed by atoms with Crippen molar-refractivity contribution in [1.82, 2.24) is 15.5 Å². The number of hydrogen-bond donors (Lipinski definition) is 2. The van der Waals surface area contributed by atoms with Gasteiger partial charge in [0.1, 0.15) is 0 Å². The summed E-state index contributed by atoms with van der Waals surface area (Å²) in [6.07, 6.45) is 0. The molecule has 1 heterocycles. The second-order valence-corrected chi connectivity index (χ2v) is 5.30. The predicted molar refractivity (Wildman–Crippen MR) is 76.8 cm³/mol. The zero-order chi connectivity index (χ0) is 13.0. The van der Waals surface area contributed by atoms with Gasteiger partial charge < -0.3 is 15.1 Å². The Bertz CT molecular complexity index is 530. The molecular weight excluding hydrogens is 364 g/mol. The summed E-state index contributed by atoms with van der Waals surface area (Å²) in [6, 6.07) is 6.18. The van der Waals surface area contributed by atoms with Crippen LogP contribution in [0.3, 0.4) is 0 Å². The molecule has 0 spiro atoms. The molecule has 2 rings (SSSR count). The smallest absolute Gasteiger partial charge is 0.320 e. The van der Waals surface area contributed by atoms with E-state index >= 15 is 0 Å². The molecule has 0 fully saturated rings. The van der Waals surface area contributed by atoms with E-state index in [4.69, 9.17) is 4.42 Å². The summed E-state index contributed by atoms with van der Waals surface area (Å²) < 4.78 is 7.36. The van der Waals surface area contributed by atoms with Gasteiger partial charge in [-0.1, -0.05) is 28.0 Å². The highest BCUT2D eigenvalue weighted by Gasteiger charge is 2.07. The average Bonchev–Trinajstić information content (AvgIpc) is 2.78. The van der Waals surface area contributed by atoms with Gasteiger partial charge in [-0.25, -0.2) is 0 Å². The SMILES string of the molecule is CCNCc1nnc(Nc2ccc(Br)cc2Br)o1. The summed E-state index contributed by atoms with van der Waals surface area (Å²) in [7, 11) is 0. The molecule has 0 radical (unpaired) electrons. The number of nitrogens with one attached hydrogen (secondary N) is 2. The van der Waals surface area contributed by atoms with Gasteiger partial charge in [-0.15, -0.1) is 5.10 Å². The van der Waals surface area contributed by atoms with E-state index in [0.29, 0.717) is 18.5 Å². The number of hydrogen-bond acceptors (Lipinski definition) is 5. The molecule has 5 nitrogen and oxygen atoms in total. The van der Waals surface area contributed by atoms with Crippen molar-refractivity contribution in [2.75, 3.05) is 11.9 Å². The summed E-state index contributed by atoms with van der Waals surface area (Å²) >= 11 is 6.86. The molecule has 0 aliphatic heterocycles. The molecule has 0 bridgehead atoms. The zero-order valence-corrected chi connectivity index (χ0v) is 12.9. The predicted octanol–water partition coefficient (Wildman–Crippen LogP) is 3.45. The highest BCUT2D eigenvalue weighted by molar-refractivity contribution is 9.11. The van der Waals surface area contributed by atoms with E-state index in [-0.39, 0.29) is 0 Å². The molecule has 0 saturated carbocycles. The van der Waals surface area contributed by atoms with Crippen LogP contribution in [0.15, 0.2) is 31.6 Å². The van der Waals surface area contributed by atoms with Crippen molar-refractivity contribution >= 4 is 43.6 Å². The van der Waals surface area contributed by atoms with E-state index in [0.717, 1.165) is 21.2 Å². The lowest BCUT2D eigenvalue weighted by Crippen LogP contribution is -2.11. The van der Waals surface area contributed by atoms with E-state index in [1.54, 1.807) is 0 Å². The molecule has 1 aromatic heterocycles. The van der Waals surface area contributed by atoms with E-state index in [9.17, 15) is 0 Å². The molecule has 0 atom stereocenters. The quantitative estimate of drug-likeness (QED) is 0.837. The minimum atomic E-state index is 0.380. The molecule has 0 aliphatic rings. The topological polar surface area (TPSA) is 63.0 Å². The molecule has 2 N–H and O–H groups in total. The molecule has 18 heavy (non-hydrogen) atoms. The van der Waals surface area contributed by atoms with Crippen LogP contribution in [-0.4, -0.2) is 16.7 Å². The van der Waals surface area contributed by atoms with Crippen LogP contribution in [0.1, 0.15) is 12.8 Å². The zero-order valence-electron chi connectivity index (χ0n) is 9.70. The van der Waals surface area contributed by atoms with Gasteiger partial charge in [-0.05, 0) is 40.7 Å². The van der Waals surface area contributed by atoms with E-state index in [1.807, 2.05) is 25.1 Å². The summed E-state index contributed by atoms with van der Waals surface area (Å²) in [5.41, 5.74) is 0.872. The van der Waals surface area contributed by atoms with Crippen molar-refractivity contribution in [2.24, 2.45) is 0 Å². The third kappa shape index (κ3) is 3.54. The van der Waals surface area contributed by atoms with Crippen LogP contribution in [0.5, 0.6) is 0 Å². The first-order valence-corrected chi connectivity index (χ1v) is 7.03. The van der Waals surface area contributed by atoms with E-state index in [2.05, 4.69) is 52.7 Å². The second kappa shape index (κ2) is 6.31. The highest BCUT2D eigenvalue weighted by Crippen LogP contribution is 2.28. The Kier molecular flexibility index (Phi) is 4.73. The van der Waals surface area contributed by atoms with Crippen molar-refractivity contribution in [3.05, 3.63) is 33.0 Å². The molecule has 0 amide bonds. The first kappa shape index (κ1) is 13.5. The maximum absolute atomic E-state index is 5.45. The summed E-state index contributed by atoms with van der Waals surface area (Å²) in [4.78, 5) is 0. The van der Waals surface area contributed by atoms with Crippen LogP contribution in [0, 0.1) is 0 Å². The minimum absolute atomic E-state index is 0.380. The van der Waals surface area contributed by atoms with Gasteiger partial charge in [-0.3, -0.25) is 0 Å². The Labute approximate surface area is 122 Å². The van der Waals surface area contributed by atoms with Crippen molar-refractivity contribution < 1.29 is 4.42 Å². The normalized spacial score (nSPS) is 10.6. The fourth-order valence-electron chi connectivity index (χ4n) is 1.31. The lowest BCUT2D eigenvalue weighted by Gasteiger charge is -2.04. The second-order valence-electron chi connectivity index (χ2n) is 3.53. The monoisotopic (exact) mass is 374 g/mol. The van der Waals surface area contributed by atoms with Crippen LogP contribution in [0.2, 0.25) is 0 Å². The Hall–Kier alpha value is -0.920. The van der Waals surface area contributed by atoms with Crippen LogP contribution in [0.25, 0.3) is 0 Å². The number of anilines is 2. The summed E-state index contributed by atoms with van der Waals surface area (Å²) in [5, 5.41) is 14.0. The van der Waals surface area contributed by atoms with Gasteiger partial charge in [0.15, 0.2) is 0 Å². The molecule has 7 heteroatoms. The first-order valence-electron chi connectivity index (χ1n) is 5.44. The minimum Gasteiger partial charge on any atom is -0.406 e. The Balaban J connectivity index is 2.06. The fraction of sp³-hybridized carbons (Fsp3) is 0.273. The standard InChI is InChI=1S/C11H12Br2N4O/c1-2-14-6-10-16-17-11(18-10)15-9-4-3-7(12)5-8(9)13/h3-5,14H,2,6H2,1H3,(H,15,17). The molecular formula is C11H12Br2N4O. The first-order chi connectivity index (χ1) is 8.69. The van der Waals surface area contributed by atoms with Gasteiger partial charge in [0.05, 0.1) is 12.2 Å². The van der Waals surface area contributed by atoms with Gasteiger partial charge in [-0.2, -0.15) is 0 Å². The Morgan fingerprint density at radius 2 is 2.11 bits per heavy atom.